The standard InChI is InChI=1S/C20H14N4.4C6H7N.6ClH.Mn/c1-2-14-10-16-5-6-18(23-16)12-20-8-7-19(24-20)11-17-4-3-15(22-17)9-13(1)21-14;4*1-6-2-4-7-5-3-6;;;;;;;/h1-12,21-22H;4*2-5H,1H3;6*1H;/q;;;;;;;;;;;+2/p-2. The van der Waals surface area contributed by atoms with Crippen molar-refractivity contribution in [1.29, 1.82) is 0 Å². The van der Waals surface area contributed by atoms with E-state index in [0.717, 1.165) is 44.8 Å². The van der Waals surface area contributed by atoms with Gasteiger partial charge in [0.25, 0.3) is 0 Å². The Balaban J connectivity index is -0.000000750. The second kappa shape index (κ2) is 32.3. The third-order valence-corrected chi connectivity index (χ3v) is 7.58. The molecule has 0 amide bonds. The second-order valence-corrected chi connectivity index (χ2v) is 12.2. The summed E-state index contributed by atoms with van der Waals surface area (Å²) >= 11 is 0. The van der Waals surface area contributed by atoms with Crippen molar-refractivity contribution >= 4 is 46.4 Å². The van der Waals surface area contributed by atoms with Gasteiger partial charge in [-0.15, -0.1) is 0 Å². The summed E-state index contributed by atoms with van der Waals surface area (Å²) in [6, 6.07) is 32.6. The Morgan fingerprint density at radius 2 is 0.542 bits per heavy atom. The molecule has 7 aromatic rings. The number of aromatic nitrogens is 8. The van der Waals surface area contributed by atoms with Gasteiger partial charge in [0, 0.05) is 70.6 Å². The normalized spacial score (nSPS) is 9.29. The van der Waals surface area contributed by atoms with Gasteiger partial charge in [-0.3, -0.25) is 0 Å². The summed E-state index contributed by atoms with van der Waals surface area (Å²) < 4.78 is 0. The number of halogens is 6. The monoisotopic (exact) mass is 951 g/mol. The Bertz CT molecular complexity index is 2130. The van der Waals surface area contributed by atoms with E-state index in [9.17, 15) is 0 Å². The third kappa shape index (κ3) is 22.4. The fourth-order valence-corrected chi connectivity index (χ4v) is 4.82. The first kappa shape index (κ1) is 58.8. The first-order chi connectivity index (χ1) is 25.4. The van der Waals surface area contributed by atoms with Crippen molar-refractivity contribution in [3.05, 3.63) is 192 Å². The maximum absolute atomic E-state index is 4.62. The summed E-state index contributed by atoms with van der Waals surface area (Å²) in [6.45, 7) is 8.25. The summed E-state index contributed by atoms with van der Waals surface area (Å²) in [5.74, 6) is 0. The molecular formula is C44H46Cl6MnN8. The molecule has 0 atom stereocenters. The molecule has 2 aliphatic heterocycles. The van der Waals surface area contributed by atoms with E-state index in [4.69, 9.17) is 0 Å². The van der Waals surface area contributed by atoms with E-state index >= 15 is 0 Å². The molecule has 8 nitrogen and oxygen atoms in total. The van der Waals surface area contributed by atoms with Crippen molar-refractivity contribution in [3.63, 3.8) is 0 Å². The number of H-pyrrole nitrogens is 6. The third-order valence-electron chi connectivity index (χ3n) is 7.58. The van der Waals surface area contributed by atoms with Gasteiger partial charge in [-0.1, -0.05) is 0 Å². The number of rotatable bonds is 0. The summed E-state index contributed by atoms with van der Waals surface area (Å²) in [4.78, 5) is 27.8. The number of aryl methyl sites for hydroxylation is 4. The molecule has 6 N–H and O–H groups in total. The fourth-order valence-electron chi connectivity index (χ4n) is 4.82. The van der Waals surface area contributed by atoms with Gasteiger partial charge in [0.2, 0.25) is 0 Å². The Morgan fingerprint density at radius 3 is 0.763 bits per heavy atom. The molecule has 0 unspecified atom stereocenters. The second-order valence-electron chi connectivity index (χ2n) is 12.2. The molecule has 2 aliphatic rings. The van der Waals surface area contributed by atoms with Gasteiger partial charge in [0.15, 0.2) is 49.6 Å². The number of hydrogen-bond donors (Lipinski definition) is 2. The number of pyridine rings is 4. The van der Waals surface area contributed by atoms with Crippen LogP contribution in [0.25, 0.3) is 46.4 Å². The van der Waals surface area contributed by atoms with Crippen LogP contribution in [0.4, 0.5) is 0 Å². The van der Waals surface area contributed by atoms with E-state index in [-0.39, 0.29) is 91.5 Å². The van der Waals surface area contributed by atoms with Gasteiger partial charge in [0.05, 0.1) is 22.8 Å². The first-order valence-corrected chi connectivity index (χ1v) is 17.1. The molecule has 7 aromatic heterocycles. The van der Waals surface area contributed by atoms with E-state index in [0.29, 0.717) is 0 Å². The van der Waals surface area contributed by atoms with Crippen molar-refractivity contribution in [2.45, 2.75) is 27.7 Å². The molecule has 0 saturated heterocycles. The Morgan fingerprint density at radius 1 is 0.322 bits per heavy atom. The summed E-state index contributed by atoms with van der Waals surface area (Å²) in [7, 11) is 0. The van der Waals surface area contributed by atoms with Crippen LogP contribution in [-0.4, -0.2) is 19.9 Å². The summed E-state index contributed by atoms with van der Waals surface area (Å²) in [5, 5.41) is 0. The maximum Gasteiger partial charge on any atom is 2.00 e. The Kier molecular flexibility index (Phi) is 32.2. The molecule has 0 aliphatic carbocycles. The first-order valence-electron chi connectivity index (χ1n) is 17.1. The number of hydrogen-bond acceptors (Lipinski definition) is 2. The van der Waals surface area contributed by atoms with Gasteiger partial charge in [-0.05, 0) is 123 Å². The number of aromatic amines is 6. The average Bonchev–Trinajstić information content (AvgIpc) is 3.98. The van der Waals surface area contributed by atoms with Gasteiger partial charge in [-0.25, -0.2) is 29.9 Å². The topological polar surface area (TPSA) is 114 Å². The van der Waals surface area contributed by atoms with Crippen molar-refractivity contribution in [2.24, 2.45) is 0 Å². The van der Waals surface area contributed by atoms with Gasteiger partial charge >= 0.3 is 17.1 Å². The molecule has 0 aromatic carbocycles. The summed E-state index contributed by atoms with van der Waals surface area (Å²) in [5.41, 5.74) is 13.0. The van der Waals surface area contributed by atoms with Crippen LogP contribution >= 0.6 is 0 Å². The van der Waals surface area contributed by atoms with Crippen LogP contribution in [-0.2, 0) is 17.1 Å². The molecule has 1 radical (unpaired) electrons. The Labute approximate surface area is 394 Å². The maximum atomic E-state index is 4.62. The van der Waals surface area contributed by atoms with Crippen LogP contribution < -0.4 is 94.4 Å². The largest absolute Gasteiger partial charge is 2.00 e. The molecular weight excluding hydrogens is 908 g/mol. The minimum Gasteiger partial charge on any atom is -1.00 e. The van der Waals surface area contributed by atoms with E-state index in [1.165, 1.54) is 22.3 Å². The van der Waals surface area contributed by atoms with E-state index in [1.54, 1.807) is 0 Å². The zero-order chi connectivity index (χ0) is 36.4. The van der Waals surface area contributed by atoms with Crippen LogP contribution in [0.1, 0.15) is 45.0 Å². The SMILES string of the molecule is C1=Cc2cc3ccc(cc4ccc(cc5nc(cc1n2)C=C5)[nH]4)[nH]3.Cc1cc[nH+]cc1.Cc1cc[nH+]cc1.Cc1cc[nH+]cc1.Cc1cc[nH+]cc1.[Cl-].[Cl-].[Cl-].[Cl-].[Cl-].[Cl-].[Mn+2]. The molecule has 0 saturated carbocycles. The average molecular weight is 955 g/mol. The van der Waals surface area contributed by atoms with Crippen LogP contribution in [0.15, 0.2) is 147 Å². The van der Waals surface area contributed by atoms with Crippen molar-refractivity contribution < 1.29 is 111 Å². The van der Waals surface area contributed by atoms with E-state index < -0.39 is 0 Å². The van der Waals surface area contributed by atoms with Gasteiger partial charge < -0.3 is 84.4 Å². The van der Waals surface area contributed by atoms with Crippen LogP contribution in [0.3, 0.4) is 0 Å². The molecule has 15 heteroatoms. The van der Waals surface area contributed by atoms with E-state index in [2.05, 4.69) is 97.9 Å². The van der Waals surface area contributed by atoms with Gasteiger partial charge in [0.1, 0.15) is 0 Å². The Hall–Kier alpha value is -4.54. The van der Waals surface area contributed by atoms with Gasteiger partial charge in [-0.2, -0.15) is 0 Å². The van der Waals surface area contributed by atoms with Crippen LogP contribution in [0.2, 0.25) is 0 Å². The van der Waals surface area contributed by atoms with Crippen molar-refractivity contribution in [1.82, 2.24) is 19.9 Å². The molecule has 9 rings (SSSR count). The predicted octanol–water partition coefficient (Wildman–Crippen LogP) is -10.1. The number of nitrogens with zero attached hydrogens (tertiary/aromatic N) is 2. The smallest absolute Gasteiger partial charge is 1.00 e. The molecule has 0 spiro atoms. The minimum absolute atomic E-state index is 0. The fraction of sp³-hybridized carbons (Fsp3) is 0.0909. The van der Waals surface area contributed by atoms with Crippen molar-refractivity contribution in [2.75, 3.05) is 0 Å². The zero-order valence-electron chi connectivity index (χ0n) is 32.7. The molecule has 9 heterocycles. The van der Waals surface area contributed by atoms with E-state index in [1.807, 2.05) is 141 Å². The zero-order valence-corrected chi connectivity index (χ0v) is 38.4. The summed E-state index contributed by atoms with van der Waals surface area (Å²) in [6.07, 6.45) is 23.3. The molecule has 0 fully saturated rings. The predicted molar refractivity (Wildman–Crippen MR) is 210 cm³/mol. The van der Waals surface area contributed by atoms with Crippen LogP contribution in [0.5, 0.6) is 0 Å². The number of fused-ring (bicyclic) bond motifs is 8. The number of nitrogens with one attached hydrogen (secondary N) is 6. The van der Waals surface area contributed by atoms with Crippen LogP contribution in [0, 0.1) is 27.7 Å². The molecule has 311 valence electrons. The quantitative estimate of drug-likeness (QED) is 0.147. The minimum atomic E-state index is 0. The molecule has 8 bridgehead atoms. The molecule has 59 heavy (non-hydrogen) atoms. The van der Waals surface area contributed by atoms with Crippen molar-refractivity contribution in [3.8, 4) is 0 Å².